The SMILES string of the molecule is CCN1CCN(c2ccc(C(=O)NC3[C@H]4Oc5ccc(Oc6ccnc7c6CCC(=O)N7)cc5[C@@H]34)cc2C(F)(F)F)CC1. The second-order valence-corrected chi connectivity index (χ2v) is 11.2. The second-order valence-electron chi connectivity index (χ2n) is 11.2. The molecule has 1 aliphatic carbocycles. The number of halogens is 3. The number of rotatable bonds is 6. The fourth-order valence-corrected chi connectivity index (χ4v) is 6.28. The maximum absolute atomic E-state index is 14.1. The summed E-state index contributed by atoms with van der Waals surface area (Å²) in [5, 5.41) is 5.63. The van der Waals surface area contributed by atoms with Crippen LogP contribution in [-0.4, -0.2) is 66.6 Å². The van der Waals surface area contributed by atoms with Gasteiger partial charge in [0.05, 0.1) is 17.5 Å². The molecule has 7 rings (SSSR count). The van der Waals surface area contributed by atoms with Crippen molar-refractivity contribution in [3.63, 3.8) is 0 Å². The quantitative estimate of drug-likeness (QED) is 0.432. The van der Waals surface area contributed by atoms with Crippen LogP contribution in [0.25, 0.3) is 0 Å². The molecule has 3 aromatic rings. The van der Waals surface area contributed by atoms with Crippen molar-refractivity contribution in [1.29, 1.82) is 0 Å². The molecule has 2 N–H and O–H groups in total. The van der Waals surface area contributed by atoms with Crippen molar-refractivity contribution >= 4 is 23.3 Å². The number of carbonyl (C=O) groups is 2. The van der Waals surface area contributed by atoms with Crippen LogP contribution in [0.3, 0.4) is 0 Å². The predicted molar refractivity (Wildman–Crippen MR) is 152 cm³/mol. The van der Waals surface area contributed by atoms with Gasteiger partial charge in [0.25, 0.3) is 5.91 Å². The highest BCUT2D eigenvalue weighted by Crippen LogP contribution is 2.55. The molecule has 224 valence electrons. The van der Waals surface area contributed by atoms with Crippen molar-refractivity contribution in [2.45, 2.75) is 44.0 Å². The molecule has 43 heavy (non-hydrogen) atoms. The zero-order chi connectivity index (χ0) is 29.9. The minimum Gasteiger partial charge on any atom is -0.487 e. The summed E-state index contributed by atoms with van der Waals surface area (Å²) in [5.74, 6) is 1.54. The summed E-state index contributed by atoms with van der Waals surface area (Å²) in [4.78, 5) is 33.0. The van der Waals surface area contributed by atoms with Gasteiger partial charge in [-0.3, -0.25) is 9.59 Å². The van der Waals surface area contributed by atoms with E-state index < -0.39 is 17.6 Å². The fourth-order valence-electron chi connectivity index (χ4n) is 6.28. The smallest absolute Gasteiger partial charge is 0.418 e. The van der Waals surface area contributed by atoms with E-state index in [0.29, 0.717) is 62.1 Å². The van der Waals surface area contributed by atoms with Gasteiger partial charge in [-0.1, -0.05) is 6.92 Å². The minimum atomic E-state index is -4.60. The summed E-state index contributed by atoms with van der Waals surface area (Å²) in [5.41, 5.74) is 0.940. The van der Waals surface area contributed by atoms with E-state index in [1.54, 1.807) is 29.3 Å². The van der Waals surface area contributed by atoms with Crippen molar-refractivity contribution < 1.29 is 32.2 Å². The number of hydrogen-bond donors (Lipinski definition) is 2. The number of aromatic nitrogens is 1. The van der Waals surface area contributed by atoms with Gasteiger partial charge in [0, 0.05) is 61.2 Å². The lowest BCUT2D eigenvalue weighted by Gasteiger charge is -2.36. The Hall–Kier alpha value is -4.32. The van der Waals surface area contributed by atoms with Crippen molar-refractivity contribution in [2.24, 2.45) is 0 Å². The van der Waals surface area contributed by atoms with Crippen LogP contribution in [0.1, 0.15) is 46.3 Å². The van der Waals surface area contributed by atoms with Gasteiger partial charge in [-0.25, -0.2) is 4.98 Å². The standard InChI is InChI=1S/C31H30F3N5O4/c1-2-38-11-13-39(14-12-38)22-6-3-17(15-21(22)31(32,33)34)30(41)37-27-26-20-16-18(4-7-23(20)43-28(26)27)42-24-9-10-35-29-19(24)5-8-25(40)36-29/h3-4,6-7,9-10,15-16,26-28H,2,5,8,11-14H2,1H3,(H,37,41)(H,35,36,40)/t26-,27?,28-/m0/s1. The molecule has 0 spiro atoms. The van der Waals surface area contributed by atoms with Gasteiger partial charge in [-0.2, -0.15) is 13.2 Å². The highest BCUT2D eigenvalue weighted by Gasteiger charge is 2.59. The Morgan fingerprint density at radius 1 is 1.12 bits per heavy atom. The van der Waals surface area contributed by atoms with Crippen molar-refractivity contribution in [1.82, 2.24) is 15.2 Å². The first-order chi connectivity index (χ1) is 20.7. The zero-order valence-electron chi connectivity index (χ0n) is 23.4. The second kappa shape index (κ2) is 10.4. The molecule has 12 heteroatoms. The molecule has 3 atom stereocenters. The van der Waals surface area contributed by atoms with Crippen LogP contribution < -0.4 is 25.0 Å². The monoisotopic (exact) mass is 593 g/mol. The molecule has 0 bridgehead atoms. The Morgan fingerprint density at radius 2 is 1.93 bits per heavy atom. The Morgan fingerprint density at radius 3 is 2.70 bits per heavy atom. The lowest BCUT2D eigenvalue weighted by molar-refractivity contribution is -0.137. The van der Waals surface area contributed by atoms with E-state index in [9.17, 15) is 22.8 Å². The summed E-state index contributed by atoms with van der Waals surface area (Å²) in [6.45, 7) is 5.27. The number of amides is 2. The van der Waals surface area contributed by atoms with Gasteiger partial charge in [0.2, 0.25) is 5.91 Å². The molecule has 1 aromatic heterocycles. The summed E-state index contributed by atoms with van der Waals surface area (Å²) >= 11 is 0. The third-order valence-corrected chi connectivity index (χ3v) is 8.68. The molecule has 2 aromatic carbocycles. The zero-order valence-corrected chi connectivity index (χ0v) is 23.4. The van der Waals surface area contributed by atoms with Crippen LogP contribution in [0.15, 0.2) is 48.7 Å². The van der Waals surface area contributed by atoms with Gasteiger partial charge in [0.1, 0.15) is 29.2 Å². The number of nitrogens with one attached hydrogen (secondary N) is 2. The molecular weight excluding hydrogens is 563 g/mol. The lowest BCUT2D eigenvalue weighted by Crippen LogP contribution is -2.46. The van der Waals surface area contributed by atoms with E-state index in [4.69, 9.17) is 9.47 Å². The number of hydrogen-bond acceptors (Lipinski definition) is 7. The maximum atomic E-state index is 14.1. The van der Waals surface area contributed by atoms with Gasteiger partial charge >= 0.3 is 6.18 Å². The van der Waals surface area contributed by atoms with Crippen molar-refractivity contribution in [2.75, 3.05) is 42.9 Å². The normalized spacial score (nSPS) is 22.6. The third-order valence-electron chi connectivity index (χ3n) is 8.68. The number of carbonyl (C=O) groups excluding carboxylic acids is 2. The molecule has 0 radical (unpaired) electrons. The van der Waals surface area contributed by atoms with Crippen LogP contribution in [0, 0.1) is 0 Å². The number of nitrogens with zero attached hydrogens (tertiary/aromatic N) is 3. The van der Waals surface area contributed by atoms with Crippen LogP contribution >= 0.6 is 0 Å². The van der Waals surface area contributed by atoms with Crippen molar-refractivity contribution in [3.8, 4) is 17.2 Å². The lowest BCUT2D eigenvalue weighted by atomic mass is 10.1. The Bertz CT molecular complexity index is 1600. The molecule has 1 saturated carbocycles. The maximum Gasteiger partial charge on any atom is 0.418 e. The number of pyridine rings is 1. The molecule has 4 heterocycles. The molecule has 2 fully saturated rings. The van der Waals surface area contributed by atoms with Gasteiger partial charge in [-0.05, 0) is 55.4 Å². The van der Waals surface area contributed by atoms with E-state index in [0.717, 1.165) is 23.7 Å². The molecule has 9 nitrogen and oxygen atoms in total. The van der Waals surface area contributed by atoms with E-state index in [1.807, 2.05) is 13.0 Å². The number of benzene rings is 2. The van der Waals surface area contributed by atoms with Gasteiger partial charge in [0.15, 0.2) is 0 Å². The average molecular weight is 594 g/mol. The summed E-state index contributed by atoms with van der Waals surface area (Å²) < 4.78 is 54.5. The first kappa shape index (κ1) is 27.5. The molecule has 1 unspecified atom stereocenters. The molecular formula is C31H30F3N5O4. The first-order valence-electron chi connectivity index (χ1n) is 14.4. The highest BCUT2D eigenvalue weighted by molar-refractivity contribution is 5.96. The highest BCUT2D eigenvalue weighted by atomic mass is 19.4. The molecule has 2 amide bonds. The summed E-state index contributed by atoms with van der Waals surface area (Å²) in [6, 6.07) is 10.6. The third kappa shape index (κ3) is 5.13. The van der Waals surface area contributed by atoms with Gasteiger partial charge in [-0.15, -0.1) is 0 Å². The molecule has 4 aliphatic rings. The Labute approximate surface area is 246 Å². The van der Waals surface area contributed by atoms with E-state index in [1.165, 1.54) is 12.1 Å². The largest absolute Gasteiger partial charge is 0.487 e. The predicted octanol–water partition coefficient (Wildman–Crippen LogP) is 4.58. The van der Waals surface area contributed by atoms with Gasteiger partial charge < -0.3 is 29.9 Å². The summed E-state index contributed by atoms with van der Waals surface area (Å²) in [6.07, 6.45) is -2.46. The Balaban J connectivity index is 1.05. The number of piperazine rings is 1. The fraction of sp³-hybridized carbons (Fsp3) is 0.387. The number of ether oxygens (including phenoxy) is 2. The number of likely N-dealkylation sites (N-methyl/N-ethyl adjacent to an activating group) is 1. The Kier molecular flexibility index (Phi) is 6.68. The molecule has 1 saturated heterocycles. The topological polar surface area (TPSA) is 96.0 Å². The van der Waals surface area contributed by atoms with Crippen LogP contribution in [0.4, 0.5) is 24.7 Å². The number of fused-ring (bicyclic) bond motifs is 4. The van der Waals surface area contributed by atoms with Crippen molar-refractivity contribution in [3.05, 3.63) is 70.9 Å². The molecule has 3 aliphatic heterocycles. The van der Waals surface area contributed by atoms with Crippen LogP contribution in [0.5, 0.6) is 17.2 Å². The van der Waals surface area contributed by atoms with E-state index in [2.05, 4.69) is 20.5 Å². The number of anilines is 2. The first-order valence-corrected chi connectivity index (χ1v) is 14.4. The number of alkyl halides is 3. The summed E-state index contributed by atoms with van der Waals surface area (Å²) in [7, 11) is 0. The average Bonchev–Trinajstić information content (AvgIpc) is 3.52. The van der Waals surface area contributed by atoms with E-state index in [-0.39, 0.29) is 35.2 Å². The van der Waals surface area contributed by atoms with E-state index >= 15 is 0 Å². The minimum absolute atomic E-state index is 0.0416. The van der Waals surface area contributed by atoms with Crippen LogP contribution in [-0.2, 0) is 17.4 Å². The van der Waals surface area contributed by atoms with Crippen LogP contribution in [0.2, 0.25) is 0 Å².